The molecule has 1 aliphatic rings. The normalized spacial score (nSPS) is 16.2. The fourth-order valence-corrected chi connectivity index (χ4v) is 6.12. The molecule has 3 heterocycles. The van der Waals surface area contributed by atoms with E-state index in [-0.39, 0.29) is 0 Å². The van der Waals surface area contributed by atoms with Crippen molar-refractivity contribution in [2.24, 2.45) is 5.92 Å². The summed E-state index contributed by atoms with van der Waals surface area (Å²) in [5, 5.41) is 4.86. The molecule has 0 bridgehead atoms. The van der Waals surface area contributed by atoms with Crippen LogP contribution in [0, 0.1) is 12.8 Å². The minimum absolute atomic E-state index is 0.318. The zero-order valence-corrected chi connectivity index (χ0v) is 21.1. The highest BCUT2D eigenvalue weighted by Gasteiger charge is 2.22. The van der Waals surface area contributed by atoms with Gasteiger partial charge in [0.2, 0.25) is 0 Å². The highest BCUT2D eigenvalue weighted by atomic mass is 35.5. The Hall–Kier alpha value is -2.20. The Balaban J connectivity index is 1.57. The molecule has 0 aliphatic carbocycles. The summed E-state index contributed by atoms with van der Waals surface area (Å²) in [5.74, 6) is 1.45. The van der Waals surface area contributed by atoms with Crippen molar-refractivity contribution in [2.45, 2.75) is 37.6 Å². The van der Waals surface area contributed by atoms with Crippen molar-refractivity contribution in [3.63, 3.8) is 0 Å². The second-order valence-corrected chi connectivity index (χ2v) is 10.5. The molecule has 1 saturated heterocycles. The maximum absolute atomic E-state index is 13.1. The van der Waals surface area contributed by atoms with Gasteiger partial charge in [0.05, 0.1) is 22.7 Å². The van der Waals surface area contributed by atoms with Gasteiger partial charge in [-0.15, -0.1) is 0 Å². The van der Waals surface area contributed by atoms with Crippen LogP contribution in [0.5, 0.6) is 5.75 Å². The van der Waals surface area contributed by atoms with Gasteiger partial charge in [0.1, 0.15) is 10.6 Å². The molecule has 2 unspecified atom stereocenters. The lowest BCUT2D eigenvalue weighted by atomic mass is 9.93. The molecule has 2 aromatic heterocycles. The largest absolute Gasteiger partial charge is 0.495 e. The van der Waals surface area contributed by atoms with Gasteiger partial charge in [-0.2, -0.15) is 0 Å². The van der Waals surface area contributed by atoms with E-state index in [0.717, 1.165) is 47.3 Å². The van der Waals surface area contributed by atoms with Gasteiger partial charge in [0.15, 0.2) is 21.9 Å². The number of benzene rings is 1. The summed E-state index contributed by atoms with van der Waals surface area (Å²) in [6, 6.07) is 9.38. The molecular formula is C23H27ClN4O3S2. The molecule has 1 aromatic carbocycles. The second-order valence-electron chi connectivity index (χ2n) is 7.89. The molecule has 4 rings (SSSR count). The number of aromatic nitrogens is 2. The molecule has 33 heavy (non-hydrogen) atoms. The number of rotatable bonds is 8. The first kappa shape index (κ1) is 23.9. The third-order valence-corrected chi connectivity index (χ3v) is 8.23. The van der Waals surface area contributed by atoms with E-state index in [1.54, 1.807) is 36.8 Å². The third-order valence-electron chi connectivity index (χ3n) is 5.69. The molecule has 1 aliphatic heterocycles. The molecule has 0 saturated carbocycles. The third kappa shape index (κ3) is 5.66. The number of anilines is 2. The van der Waals surface area contributed by atoms with Crippen molar-refractivity contribution < 1.29 is 13.7 Å². The number of hydrogen-bond acceptors (Lipinski definition) is 7. The van der Waals surface area contributed by atoms with Gasteiger partial charge < -0.3 is 14.8 Å². The van der Waals surface area contributed by atoms with Gasteiger partial charge >= 0.3 is 0 Å². The van der Waals surface area contributed by atoms with Gasteiger partial charge in [-0.3, -0.25) is 4.72 Å². The molecule has 0 amide bonds. The monoisotopic (exact) mass is 506 g/mol. The van der Waals surface area contributed by atoms with E-state index in [0.29, 0.717) is 33.4 Å². The van der Waals surface area contributed by atoms with E-state index in [2.05, 4.69) is 21.9 Å². The number of thiazole rings is 1. The van der Waals surface area contributed by atoms with Crippen LogP contribution in [0.3, 0.4) is 0 Å². The molecule has 0 spiro atoms. The lowest BCUT2D eigenvalue weighted by molar-refractivity contribution is 0.0622. The fraction of sp³-hybridized carbons (Fsp3) is 0.391. The Morgan fingerprint density at radius 3 is 2.82 bits per heavy atom. The van der Waals surface area contributed by atoms with Crippen LogP contribution in [0.4, 0.5) is 10.9 Å². The zero-order chi connectivity index (χ0) is 23.4. The molecule has 3 aromatic rings. The first-order chi connectivity index (χ1) is 16.0. The number of aryl methyl sites for hydroxylation is 1. The molecule has 0 radical (unpaired) electrons. The SMILES string of the molecule is COc1ccc(-c2sc(NC(C)C3CCOCC3)nc2C)cc1S(=O)Nc1ncccc1Cl. The van der Waals surface area contributed by atoms with Gasteiger partial charge in [-0.25, -0.2) is 14.2 Å². The first-order valence-electron chi connectivity index (χ1n) is 10.8. The van der Waals surface area contributed by atoms with Gasteiger partial charge in [-0.1, -0.05) is 22.9 Å². The smallest absolute Gasteiger partial charge is 0.183 e. The van der Waals surface area contributed by atoms with E-state index < -0.39 is 11.0 Å². The van der Waals surface area contributed by atoms with Crippen LogP contribution >= 0.6 is 22.9 Å². The quantitative estimate of drug-likeness (QED) is 0.417. The topological polar surface area (TPSA) is 85.4 Å². The summed E-state index contributed by atoms with van der Waals surface area (Å²) >= 11 is 7.76. The molecule has 10 heteroatoms. The maximum atomic E-state index is 13.1. The number of nitrogens with one attached hydrogen (secondary N) is 2. The van der Waals surface area contributed by atoms with E-state index in [1.165, 1.54) is 0 Å². The van der Waals surface area contributed by atoms with Crippen LogP contribution in [0.2, 0.25) is 5.02 Å². The molecule has 2 N–H and O–H groups in total. The van der Waals surface area contributed by atoms with Crippen molar-refractivity contribution in [2.75, 3.05) is 30.4 Å². The van der Waals surface area contributed by atoms with Crippen LogP contribution in [-0.4, -0.2) is 40.5 Å². The van der Waals surface area contributed by atoms with Crippen LogP contribution < -0.4 is 14.8 Å². The first-order valence-corrected chi connectivity index (χ1v) is 13.1. The van der Waals surface area contributed by atoms with Gasteiger partial charge in [-0.05, 0) is 68.5 Å². The molecule has 176 valence electrons. The number of pyridine rings is 1. The highest BCUT2D eigenvalue weighted by molar-refractivity contribution is 7.86. The highest BCUT2D eigenvalue weighted by Crippen LogP contribution is 2.37. The zero-order valence-electron chi connectivity index (χ0n) is 18.8. The second kappa shape index (κ2) is 10.8. The van der Waals surface area contributed by atoms with Crippen LogP contribution in [-0.2, 0) is 15.7 Å². The maximum Gasteiger partial charge on any atom is 0.183 e. The number of halogens is 1. The van der Waals surface area contributed by atoms with Crippen molar-refractivity contribution in [3.05, 3.63) is 47.2 Å². The summed E-state index contributed by atoms with van der Waals surface area (Å²) in [7, 11) is -0.0610. The standard InChI is InChI=1S/C23H27ClN4O3S2/c1-14(16-8-11-31-12-9-16)26-23-27-15(2)21(32-23)17-6-7-19(30-3)20(13-17)33(29)28-22-18(24)5-4-10-25-22/h4-7,10,13-14,16H,8-9,11-12H2,1-3H3,(H,25,28)(H,26,27). The van der Waals surface area contributed by atoms with E-state index in [9.17, 15) is 4.21 Å². The Bertz CT molecular complexity index is 1130. The number of methoxy groups -OCH3 is 1. The lowest BCUT2D eigenvalue weighted by Gasteiger charge is -2.28. The number of ether oxygens (including phenoxy) is 2. The minimum Gasteiger partial charge on any atom is -0.495 e. The molecule has 2 atom stereocenters. The minimum atomic E-state index is -1.62. The Kier molecular flexibility index (Phi) is 7.85. The van der Waals surface area contributed by atoms with Crippen molar-refractivity contribution in [1.29, 1.82) is 0 Å². The number of hydrogen-bond donors (Lipinski definition) is 2. The van der Waals surface area contributed by atoms with E-state index in [1.807, 2.05) is 25.1 Å². The van der Waals surface area contributed by atoms with Crippen molar-refractivity contribution in [1.82, 2.24) is 9.97 Å². The molecular weight excluding hydrogens is 480 g/mol. The van der Waals surface area contributed by atoms with E-state index in [4.69, 9.17) is 26.1 Å². The molecule has 7 nitrogen and oxygen atoms in total. The Labute approximate surface area is 205 Å². The summed E-state index contributed by atoms with van der Waals surface area (Å²) in [6.07, 6.45) is 3.72. The van der Waals surface area contributed by atoms with Crippen molar-refractivity contribution >= 4 is 44.9 Å². The Morgan fingerprint density at radius 2 is 2.09 bits per heavy atom. The van der Waals surface area contributed by atoms with Crippen molar-refractivity contribution in [3.8, 4) is 16.2 Å². The van der Waals surface area contributed by atoms with Crippen LogP contribution in [0.15, 0.2) is 41.4 Å². The van der Waals surface area contributed by atoms with Gasteiger partial charge in [0.25, 0.3) is 0 Å². The number of nitrogens with zero attached hydrogens (tertiary/aromatic N) is 2. The molecule has 1 fully saturated rings. The average Bonchev–Trinajstić information content (AvgIpc) is 3.20. The predicted octanol–water partition coefficient (Wildman–Crippen LogP) is 5.54. The summed E-state index contributed by atoms with van der Waals surface area (Å²) in [5.41, 5.74) is 1.85. The summed E-state index contributed by atoms with van der Waals surface area (Å²) < 4.78 is 26.9. The summed E-state index contributed by atoms with van der Waals surface area (Å²) in [6.45, 7) is 5.84. The average molecular weight is 507 g/mol. The summed E-state index contributed by atoms with van der Waals surface area (Å²) in [4.78, 5) is 10.4. The predicted molar refractivity (Wildman–Crippen MR) is 135 cm³/mol. The van der Waals surface area contributed by atoms with Gasteiger partial charge in [0, 0.05) is 25.5 Å². The Morgan fingerprint density at radius 1 is 1.30 bits per heavy atom. The lowest BCUT2D eigenvalue weighted by Crippen LogP contribution is -2.30. The van der Waals surface area contributed by atoms with Crippen LogP contribution in [0.1, 0.15) is 25.5 Å². The fourth-order valence-electron chi connectivity index (χ4n) is 3.82. The van der Waals surface area contributed by atoms with Crippen LogP contribution in [0.25, 0.3) is 10.4 Å². The van der Waals surface area contributed by atoms with E-state index >= 15 is 0 Å².